The zero-order valence-electron chi connectivity index (χ0n) is 23.3. The van der Waals surface area contributed by atoms with Crippen molar-refractivity contribution in [2.75, 3.05) is 16.8 Å². The van der Waals surface area contributed by atoms with E-state index >= 15 is 0 Å². The van der Waals surface area contributed by atoms with Gasteiger partial charge in [-0.2, -0.15) is 0 Å². The average Bonchev–Trinajstić information content (AvgIpc) is 3.00. The van der Waals surface area contributed by atoms with Gasteiger partial charge in [-0.3, -0.25) is 19.7 Å². The van der Waals surface area contributed by atoms with Gasteiger partial charge in [0.1, 0.15) is 17.9 Å². The first-order chi connectivity index (χ1) is 21.2. The SMILES string of the molecule is Cc1ccccc1NC(=O)COc1c(Cl)cc(/C=C2/C(=O)NC(=O)N(c3ccc(OCc4ccccc4)cc3)C2=O)cc1Cl. The number of rotatable bonds is 9. The topological polar surface area (TPSA) is 114 Å². The van der Waals surface area contributed by atoms with Crippen molar-refractivity contribution in [2.24, 2.45) is 0 Å². The molecule has 0 saturated carbocycles. The van der Waals surface area contributed by atoms with Crippen LogP contribution in [0, 0.1) is 6.92 Å². The summed E-state index contributed by atoms with van der Waals surface area (Å²) in [5.74, 6) is -1.53. The lowest BCUT2D eigenvalue weighted by molar-refractivity contribution is -0.122. The Balaban J connectivity index is 1.28. The van der Waals surface area contributed by atoms with Gasteiger partial charge in [0, 0.05) is 5.69 Å². The summed E-state index contributed by atoms with van der Waals surface area (Å²) in [6.45, 7) is 1.85. The summed E-state index contributed by atoms with van der Waals surface area (Å²) in [5.41, 5.74) is 2.75. The lowest BCUT2D eigenvalue weighted by Gasteiger charge is -2.26. The van der Waals surface area contributed by atoms with Crippen molar-refractivity contribution in [3.63, 3.8) is 0 Å². The van der Waals surface area contributed by atoms with E-state index in [0.717, 1.165) is 16.0 Å². The molecule has 9 nitrogen and oxygen atoms in total. The minimum atomic E-state index is -0.890. The number of para-hydroxylation sites is 1. The molecule has 2 N–H and O–H groups in total. The van der Waals surface area contributed by atoms with Crippen LogP contribution in [0.25, 0.3) is 6.08 Å². The molecule has 0 aliphatic carbocycles. The molecule has 0 radical (unpaired) electrons. The molecule has 0 bridgehead atoms. The molecule has 4 aromatic carbocycles. The highest BCUT2D eigenvalue weighted by Crippen LogP contribution is 2.35. The van der Waals surface area contributed by atoms with Gasteiger partial charge in [0.05, 0.1) is 15.7 Å². The molecule has 5 amide bonds. The van der Waals surface area contributed by atoms with Gasteiger partial charge in [-0.05, 0) is 72.2 Å². The standard InChI is InChI=1S/C33H25Cl2N3O6/c1-20-7-5-6-10-28(20)36-29(39)19-44-30-26(34)16-22(17-27(30)35)15-25-31(40)37-33(42)38(32(25)41)23-11-13-24(14-12-23)43-18-21-8-3-2-4-9-21/h2-17H,18-19H2,1H3,(H,36,39)(H,37,40,42)/b25-15-. The van der Waals surface area contributed by atoms with Gasteiger partial charge in [0.15, 0.2) is 12.4 Å². The molecule has 0 unspecified atom stereocenters. The van der Waals surface area contributed by atoms with E-state index < -0.39 is 23.8 Å². The molecule has 1 heterocycles. The first-order valence-corrected chi connectivity index (χ1v) is 14.1. The third kappa shape index (κ3) is 7.08. The lowest BCUT2D eigenvalue weighted by atomic mass is 10.1. The van der Waals surface area contributed by atoms with Gasteiger partial charge in [0.2, 0.25) is 0 Å². The van der Waals surface area contributed by atoms with E-state index in [1.165, 1.54) is 18.2 Å². The highest BCUT2D eigenvalue weighted by atomic mass is 35.5. The van der Waals surface area contributed by atoms with Crippen LogP contribution >= 0.6 is 23.2 Å². The summed E-state index contributed by atoms with van der Waals surface area (Å²) >= 11 is 12.8. The molecule has 1 aliphatic rings. The highest BCUT2D eigenvalue weighted by Gasteiger charge is 2.37. The molecule has 1 saturated heterocycles. The van der Waals surface area contributed by atoms with Crippen LogP contribution in [0.2, 0.25) is 10.0 Å². The molecule has 5 rings (SSSR count). The van der Waals surface area contributed by atoms with Crippen molar-refractivity contribution in [1.82, 2.24) is 5.32 Å². The molecular formula is C33H25Cl2N3O6. The first-order valence-electron chi connectivity index (χ1n) is 13.3. The fourth-order valence-corrected chi connectivity index (χ4v) is 4.94. The Labute approximate surface area is 263 Å². The number of hydrogen-bond donors (Lipinski definition) is 2. The minimum absolute atomic E-state index is 0.0516. The van der Waals surface area contributed by atoms with Gasteiger partial charge in [-0.15, -0.1) is 0 Å². The fourth-order valence-electron chi connectivity index (χ4n) is 4.33. The van der Waals surface area contributed by atoms with Crippen molar-refractivity contribution in [1.29, 1.82) is 0 Å². The van der Waals surface area contributed by atoms with E-state index in [0.29, 0.717) is 23.6 Å². The van der Waals surface area contributed by atoms with E-state index in [1.54, 1.807) is 36.4 Å². The molecule has 0 spiro atoms. The van der Waals surface area contributed by atoms with E-state index in [-0.39, 0.29) is 33.7 Å². The number of halogens is 2. The van der Waals surface area contributed by atoms with Crippen molar-refractivity contribution in [2.45, 2.75) is 13.5 Å². The number of imide groups is 2. The van der Waals surface area contributed by atoms with Crippen LogP contribution in [0.5, 0.6) is 11.5 Å². The van der Waals surface area contributed by atoms with Gasteiger partial charge in [0.25, 0.3) is 17.7 Å². The number of aryl methyl sites for hydroxylation is 1. The van der Waals surface area contributed by atoms with E-state index in [1.807, 2.05) is 49.4 Å². The van der Waals surface area contributed by atoms with Crippen molar-refractivity contribution < 1.29 is 28.7 Å². The number of nitrogens with zero attached hydrogens (tertiary/aromatic N) is 1. The molecule has 44 heavy (non-hydrogen) atoms. The van der Waals surface area contributed by atoms with Crippen molar-refractivity contribution in [3.8, 4) is 11.5 Å². The zero-order valence-corrected chi connectivity index (χ0v) is 24.8. The van der Waals surface area contributed by atoms with Crippen molar-refractivity contribution in [3.05, 3.63) is 123 Å². The van der Waals surface area contributed by atoms with Gasteiger partial charge in [-0.25, -0.2) is 9.69 Å². The smallest absolute Gasteiger partial charge is 0.335 e. The van der Waals surface area contributed by atoms with Gasteiger partial charge in [-0.1, -0.05) is 71.7 Å². The van der Waals surface area contributed by atoms with E-state index in [2.05, 4.69) is 10.6 Å². The van der Waals surface area contributed by atoms with E-state index in [4.69, 9.17) is 32.7 Å². The minimum Gasteiger partial charge on any atom is -0.489 e. The number of carbonyl (C=O) groups is 4. The van der Waals surface area contributed by atoms with Crippen LogP contribution in [0.4, 0.5) is 16.2 Å². The predicted molar refractivity (Wildman–Crippen MR) is 168 cm³/mol. The second-order valence-electron chi connectivity index (χ2n) is 9.69. The van der Waals surface area contributed by atoms with Gasteiger partial charge < -0.3 is 14.8 Å². The molecular weight excluding hydrogens is 605 g/mol. The molecule has 11 heteroatoms. The normalized spacial score (nSPS) is 13.9. The molecule has 0 aromatic heterocycles. The number of amides is 5. The Morgan fingerprint density at radius 2 is 1.55 bits per heavy atom. The molecule has 222 valence electrons. The van der Waals surface area contributed by atoms with Crippen LogP contribution in [0.15, 0.2) is 96.6 Å². The van der Waals surface area contributed by atoms with Crippen LogP contribution in [0.1, 0.15) is 16.7 Å². The summed E-state index contributed by atoms with van der Waals surface area (Å²) in [6, 6.07) is 25.2. The number of nitrogens with one attached hydrogen (secondary N) is 2. The average molecular weight is 630 g/mol. The predicted octanol–water partition coefficient (Wildman–Crippen LogP) is 6.56. The number of carbonyl (C=O) groups excluding carboxylic acids is 4. The fraction of sp³-hybridized carbons (Fsp3) is 0.0909. The summed E-state index contributed by atoms with van der Waals surface area (Å²) in [6.07, 6.45) is 1.26. The molecule has 0 atom stereocenters. The Kier molecular flexibility index (Phi) is 9.28. The van der Waals surface area contributed by atoms with Crippen LogP contribution in [-0.4, -0.2) is 30.4 Å². The zero-order chi connectivity index (χ0) is 31.2. The molecule has 1 fully saturated rings. The Morgan fingerprint density at radius 1 is 0.886 bits per heavy atom. The number of barbiturate groups is 1. The second-order valence-corrected chi connectivity index (χ2v) is 10.5. The monoisotopic (exact) mass is 629 g/mol. The maximum atomic E-state index is 13.3. The number of benzene rings is 4. The largest absolute Gasteiger partial charge is 0.489 e. The summed E-state index contributed by atoms with van der Waals surface area (Å²) in [5, 5.41) is 5.03. The lowest BCUT2D eigenvalue weighted by Crippen LogP contribution is -2.54. The number of urea groups is 1. The van der Waals surface area contributed by atoms with Crippen LogP contribution < -0.4 is 25.0 Å². The second kappa shape index (κ2) is 13.5. The van der Waals surface area contributed by atoms with Crippen LogP contribution in [0.3, 0.4) is 0 Å². The third-order valence-corrected chi connectivity index (χ3v) is 7.10. The van der Waals surface area contributed by atoms with E-state index in [9.17, 15) is 19.2 Å². The van der Waals surface area contributed by atoms with Crippen molar-refractivity contribution >= 4 is 64.4 Å². The van der Waals surface area contributed by atoms with Gasteiger partial charge >= 0.3 is 6.03 Å². The molecule has 1 aliphatic heterocycles. The highest BCUT2D eigenvalue weighted by molar-refractivity contribution is 6.40. The third-order valence-electron chi connectivity index (χ3n) is 6.54. The summed E-state index contributed by atoms with van der Waals surface area (Å²) in [7, 11) is 0. The van der Waals surface area contributed by atoms with Crippen LogP contribution in [-0.2, 0) is 21.0 Å². The maximum absolute atomic E-state index is 13.3. The first kappa shape index (κ1) is 30.3. The Hall–Kier alpha value is -5.12. The Morgan fingerprint density at radius 3 is 2.23 bits per heavy atom. The number of ether oxygens (including phenoxy) is 2. The molecule has 4 aromatic rings. The quantitative estimate of drug-likeness (QED) is 0.160. The Bertz CT molecular complexity index is 1750. The number of hydrogen-bond acceptors (Lipinski definition) is 6. The summed E-state index contributed by atoms with van der Waals surface area (Å²) < 4.78 is 11.3. The summed E-state index contributed by atoms with van der Waals surface area (Å²) in [4.78, 5) is 51.9. The maximum Gasteiger partial charge on any atom is 0.335 e. The number of anilines is 2.